The van der Waals surface area contributed by atoms with Gasteiger partial charge in [0.15, 0.2) is 0 Å². The quantitative estimate of drug-likeness (QED) is 0.581. The topological polar surface area (TPSA) is 20.2 Å². The minimum atomic E-state index is 0.440. The van der Waals surface area contributed by atoms with Crippen LogP contribution in [0.3, 0.4) is 0 Å². The number of fused-ring (bicyclic) bond motifs is 5. The van der Waals surface area contributed by atoms with Gasteiger partial charge in [0.2, 0.25) is 0 Å². The van der Waals surface area contributed by atoms with Gasteiger partial charge in [-0.15, -0.1) is 0 Å². The Morgan fingerprint density at radius 1 is 1.50 bits per heavy atom. The molecule has 1 N–H and O–H groups in total. The first kappa shape index (κ1) is 5.59. The van der Waals surface area contributed by atoms with Crippen molar-refractivity contribution in [3.63, 3.8) is 0 Å². The normalized spacial score (nSPS) is 62.7. The highest BCUT2D eigenvalue weighted by Crippen LogP contribution is 2.71. The maximum absolute atomic E-state index is 9.24. The minimum Gasteiger partial charge on any atom is -0.396 e. The summed E-state index contributed by atoms with van der Waals surface area (Å²) in [5.74, 6) is 3.04. The predicted octanol–water partition coefficient (Wildman–Crippen LogP) is 1.41. The molecule has 0 aliphatic heterocycles. The number of aliphatic hydroxyl groups is 1. The van der Waals surface area contributed by atoms with Gasteiger partial charge in [-0.1, -0.05) is 0 Å². The molecule has 0 radical (unpaired) electrons. The van der Waals surface area contributed by atoms with Crippen molar-refractivity contribution in [1.82, 2.24) is 0 Å². The van der Waals surface area contributed by atoms with Gasteiger partial charge in [0, 0.05) is 6.61 Å². The van der Waals surface area contributed by atoms with E-state index >= 15 is 0 Å². The van der Waals surface area contributed by atoms with Gasteiger partial charge in [-0.3, -0.25) is 0 Å². The first-order valence-corrected chi connectivity index (χ1v) is 4.47. The Bertz CT molecular complexity index is 178. The highest BCUT2D eigenvalue weighted by atomic mass is 16.3. The zero-order valence-corrected chi connectivity index (χ0v) is 6.21. The molecule has 3 aliphatic rings. The molecule has 1 heteroatoms. The Morgan fingerprint density at radius 2 is 2.40 bits per heavy atom. The van der Waals surface area contributed by atoms with Crippen LogP contribution in [-0.4, -0.2) is 11.7 Å². The van der Waals surface area contributed by atoms with Gasteiger partial charge in [-0.25, -0.2) is 0 Å². The van der Waals surface area contributed by atoms with Crippen molar-refractivity contribution >= 4 is 0 Å². The molecular weight excluding hydrogens is 124 g/mol. The van der Waals surface area contributed by atoms with Crippen LogP contribution in [-0.2, 0) is 0 Å². The summed E-state index contributed by atoms with van der Waals surface area (Å²) in [5, 5.41) is 9.24. The summed E-state index contributed by atoms with van der Waals surface area (Å²) < 4.78 is 0. The van der Waals surface area contributed by atoms with E-state index in [0.29, 0.717) is 12.0 Å². The summed E-state index contributed by atoms with van der Waals surface area (Å²) in [6, 6.07) is 0. The lowest BCUT2D eigenvalue weighted by molar-refractivity contribution is 0.114. The second kappa shape index (κ2) is 1.42. The van der Waals surface area contributed by atoms with E-state index in [1.54, 1.807) is 0 Å². The summed E-state index contributed by atoms with van der Waals surface area (Å²) in [6.45, 7) is 0.477. The van der Waals surface area contributed by atoms with E-state index in [2.05, 4.69) is 0 Å². The lowest BCUT2D eigenvalue weighted by Crippen LogP contribution is -2.22. The first-order valence-electron chi connectivity index (χ1n) is 4.47. The molecule has 2 bridgehead atoms. The molecule has 10 heavy (non-hydrogen) atoms. The molecule has 1 nitrogen and oxygen atoms in total. The maximum Gasteiger partial charge on any atom is 0.0490 e. The summed E-state index contributed by atoms with van der Waals surface area (Å²) in [5.41, 5.74) is 0.440. The molecule has 4 atom stereocenters. The highest BCUT2D eigenvalue weighted by molar-refractivity contribution is 5.14. The van der Waals surface area contributed by atoms with Crippen molar-refractivity contribution in [3.8, 4) is 0 Å². The summed E-state index contributed by atoms with van der Waals surface area (Å²) in [6.07, 6.45) is 5.56. The first-order chi connectivity index (χ1) is 4.86. The predicted molar refractivity (Wildman–Crippen MR) is 38.5 cm³/mol. The molecule has 0 unspecified atom stereocenters. The van der Waals surface area contributed by atoms with E-state index in [4.69, 9.17) is 0 Å². The molecule has 3 fully saturated rings. The van der Waals surface area contributed by atoms with Gasteiger partial charge in [-0.2, -0.15) is 0 Å². The van der Waals surface area contributed by atoms with E-state index < -0.39 is 0 Å². The smallest absolute Gasteiger partial charge is 0.0490 e. The largest absolute Gasteiger partial charge is 0.396 e. The molecule has 56 valence electrons. The third kappa shape index (κ3) is 0.430. The van der Waals surface area contributed by atoms with Crippen molar-refractivity contribution < 1.29 is 5.11 Å². The Kier molecular flexibility index (Phi) is 0.797. The lowest BCUT2D eigenvalue weighted by Gasteiger charge is -2.24. The van der Waals surface area contributed by atoms with Crippen molar-refractivity contribution in [2.75, 3.05) is 6.61 Å². The fourth-order valence-electron chi connectivity index (χ4n) is 3.60. The molecule has 0 heterocycles. The van der Waals surface area contributed by atoms with Crippen LogP contribution >= 0.6 is 0 Å². The van der Waals surface area contributed by atoms with Crippen LogP contribution in [0.25, 0.3) is 0 Å². The Morgan fingerprint density at radius 3 is 2.90 bits per heavy atom. The van der Waals surface area contributed by atoms with Gasteiger partial charge < -0.3 is 5.11 Å². The van der Waals surface area contributed by atoms with E-state index in [9.17, 15) is 5.11 Å². The van der Waals surface area contributed by atoms with Gasteiger partial charge in [0.05, 0.1) is 0 Å². The molecule has 0 aromatic heterocycles. The second-order valence-electron chi connectivity index (χ2n) is 4.53. The molecular formula is C9H14O. The van der Waals surface area contributed by atoms with Crippen LogP contribution in [0.5, 0.6) is 0 Å². The molecule has 0 aromatic carbocycles. The fraction of sp³-hybridized carbons (Fsp3) is 1.00. The number of hydrogen-bond acceptors (Lipinski definition) is 1. The number of hydrogen-bond donors (Lipinski definition) is 1. The Balaban J connectivity index is 1.98. The van der Waals surface area contributed by atoms with Gasteiger partial charge in [0.1, 0.15) is 0 Å². The van der Waals surface area contributed by atoms with E-state index in [1.165, 1.54) is 25.7 Å². The fourth-order valence-corrected chi connectivity index (χ4v) is 3.60. The number of aliphatic hydroxyl groups excluding tert-OH is 1. The third-order valence-electron chi connectivity index (χ3n) is 4.23. The lowest BCUT2D eigenvalue weighted by atomic mass is 9.83. The van der Waals surface area contributed by atoms with Crippen LogP contribution in [0.1, 0.15) is 25.7 Å². The van der Waals surface area contributed by atoms with Crippen molar-refractivity contribution in [3.05, 3.63) is 0 Å². The average molecular weight is 138 g/mol. The van der Waals surface area contributed by atoms with Crippen molar-refractivity contribution in [2.45, 2.75) is 25.7 Å². The number of rotatable bonds is 1. The molecule has 0 spiro atoms. The maximum atomic E-state index is 9.24. The summed E-state index contributed by atoms with van der Waals surface area (Å²) in [7, 11) is 0. The molecule has 3 rings (SSSR count). The monoisotopic (exact) mass is 138 g/mol. The van der Waals surface area contributed by atoms with E-state index in [1.807, 2.05) is 0 Å². The van der Waals surface area contributed by atoms with Crippen LogP contribution in [0.15, 0.2) is 0 Å². The van der Waals surface area contributed by atoms with Crippen LogP contribution in [0.4, 0.5) is 0 Å². The van der Waals surface area contributed by atoms with Crippen molar-refractivity contribution in [1.29, 1.82) is 0 Å². The molecule has 3 saturated carbocycles. The Labute approximate surface area is 61.4 Å². The second-order valence-corrected chi connectivity index (χ2v) is 4.53. The SMILES string of the molecule is OC[C@@]12CC[C@@H](C1)[C@H]1C[C@H]12. The summed E-state index contributed by atoms with van der Waals surface area (Å²) >= 11 is 0. The van der Waals surface area contributed by atoms with Crippen LogP contribution < -0.4 is 0 Å². The molecule has 3 aliphatic carbocycles. The zero-order valence-electron chi connectivity index (χ0n) is 6.21. The van der Waals surface area contributed by atoms with Crippen LogP contribution in [0, 0.1) is 23.2 Å². The Hall–Kier alpha value is -0.0400. The highest BCUT2D eigenvalue weighted by Gasteiger charge is 2.65. The standard InChI is InChI=1S/C9H14O/c10-5-9-2-1-6(4-9)7-3-8(7)9/h6-8,10H,1-5H2/t6-,7+,8+,9+/m0/s1. The van der Waals surface area contributed by atoms with Gasteiger partial charge >= 0.3 is 0 Å². The van der Waals surface area contributed by atoms with Crippen LogP contribution in [0.2, 0.25) is 0 Å². The van der Waals surface area contributed by atoms with E-state index in [0.717, 1.165) is 17.8 Å². The zero-order chi connectivity index (χ0) is 6.77. The summed E-state index contributed by atoms with van der Waals surface area (Å²) in [4.78, 5) is 0. The average Bonchev–Trinajstić information content (AvgIpc) is 2.62. The van der Waals surface area contributed by atoms with Gasteiger partial charge in [-0.05, 0) is 48.9 Å². The van der Waals surface area contributed by atoms with Crippen molar-refractivity contribution in [2.24, 2.45) is 23.2 Å². The van der Waals surface area contributed by atoms with E-state index in [-0.39, 0.29) is 0 Å². The minimum absolute atomic E-state index is 0.440. The molecule has 0 aromatic rings. The third-order valence-corrected chi connectivity index (χ3v) is 4.23. The molecule has 0 amide bonds. The molecule has 0 saturated heterocycles. The van der Waals surface area contributed by atoms with Gasteiger partial charge in [0.25, 0.3) is 0 Å².